The molecule has 3 atom stereocenters. The molecule has 0 spiro atoms. The number of amides is 3. The average molecular weight is 530 g/mol. The van der Waals surface area contributed by atoms with Gasteiger partial charge < -0.3 is 25.4 Å². The first-order valence-electron chi connectivity index (χ1n) is 12.7. The summed E-state index contributed by atoms with van der Waals surface area (Å²) < 4.78 is 10.7. The molecule has 1 aliphatic heterocycles. The summed E-state index contributed by atoms with van der Waals surface area (Å²) in [5, 5.41) is 7.96. The molecule has 0 radical (unpaired) electrons. The van der Waals surface area contributed by atoms with Crippen molar-refractivity contribution in [3.8, 4) is 5.75 Å². The van der Waals surface area contributed by atoms with E-state index in [2.05, 4.69) is 16.0 Å². The summed E-state index contributed by atoms with van der Waals surface area (Å²) in [7, 11) is 1.24. The van der Waals surface area contributed by atoms with Crippen molar-refractivity contribution in [3.63, 3.8) is 0 Å². The lowest BCUT2D eigenvalue weighted by Crippen LogP contribution is -2.63. The normalized spacial score (nSPS) is 17.4. The Kier molecular flexibility index (Phi) is 9.29. The van der Waals surface area contributed by atoms with Crippen molar-refractivity contribution in [2.75, 3.05) is 7.11 Å². The lowest BCUT2D eigenvalue weighted by molar-refractivity contribution is -0.145. The largest absolute Gasteiger partial charge is 0.489 e. The molecule has 3 N–H and O–H groups in total. The van der Waals surface area contributed by atoms with Crippen LogP contribution in [-0.2, 0) is 43.4 Å². The van der Waals surface area contributed by atoms with Crippen LogP contribution in [-0.4, -0.2) is 48.9 Å². The van der Waals surface area contributed by atoms with Gasteiger partial charge in [-0.25, -0.2) is 4.79 Å². The van der Waals surface area contributed by atoms with Gasteiger partial charge in [-0.15, -0.1) is 0 Å². The third-order valence-electron chi connectivity index (χ3n) is 6.35. The highest BCUT2D eigenvalue weighted by Crippen LogP contribution is 2.17. The first kappa shape index (κ1) is 27.4. The number of carbonyl (C=O) groups excluding carboxylic acids is 4. The van der Waals surface area contributed by atoms with Crippen LogP contribution in [0.2, 0.25) is 0 Å². The van der Waals surface area contributed by atoms with Crippen LogP contribution in [0.5, 0.6) is 5.75 Å². The molecule has 0 aliphatic carbocycles. The van der Waals surface area contributed by atoms with E-state index < -0.39 is 35.9 Å². The molecule has 3 aromatic rings. The van der Waals surface area contributed by atoms with E-state index in [9.17, 15) is 19.2 Å². The topological polar surface area (TPSA) is 123 Å². The van der Waals surface area contributed by atoms with Crippen molar-refractivity contribution in [1.82, 2.24) is 16.0 Å². The van der Waals surface area contributed by atoms with Gasteiger partial charge in [0.15, 0.2) is 0 Å². The van der Waals surface area contributed by atoms with E-state index in [-0.39, 0.29) is 18.7 Å². The second-order valence-corrected chi connectivity index (χ2v) is 9.29. The number of esters is 1. The summed E-state index contributed by atoms with van der Waals surface area (Å²) in [6, 6.07) is 23.5. The van der Waals surface area contributed by atoms with E-state index in [0.717, 1.165) is 16.7 Å². The SMILES string of the molecule is COC(=O)[C@H](Cc1cccc(OCc2ccccc2)c1)NC(=O)C[C@@H]1NC(=O)[C@H](Cc2ccccc2)NC1=O. The van der Waals surface area contributed by atoms with Gasteiger partial charge >= 0.3 is 5.97 Å². The Labute approximate surface area is 226 Å². The Bertz CT molecular complexity index is 1300. The number of nitrogens with one attached hydrogen (secondary N) is 3. The zero-order valence-electron chi connectivity index (χ0n) is 21.6. The molecule has 0 saturated carbocycles. The minimum atomic E-state index is -1.04. The monoisotopic (exact) mass is 529 g/mol. The van der Waals surface area contributed by atoms with Crippen molar-refractivity contribution in [3.05, 3.63) is 102 Å². The number of carbonyl (C=O) groups is 4. The molecule has 3 aromatic carbocycles. The van der Waals surface area contributed by atoms with E-state index in [4.69, 9.17) is 9.47 Å². The molecule has 0 unspecified atom stereocenters. The molecule has 9 heteroatoms. The maximum atomic E-state index is 12.8. The Morgan fingerprint density at radius 1 is 0.821 bits per heavy atom. The Morgan fingerprint density at radius 2 is 1.44 bits per heavy atom. The molecule has 9 nitrogen and oxygen atoms in total. The quantitative estimate of drug-likeness (QED) is 0.327. The standard InChI is InChI=1S/C30H31N3O6/c1-38-30(37)26(17-22-13-8-14-23(15-22)39-19-21-11-6-3-7-12-21)31-27(34)18-25-29(36)32-24(28(35)33-25)16-20-9-4-2-5-10-20/h2-15,24-26H,16-19H2,1H3,(H,31,34)(H,32,36)(H,33,35)/t24-,25-,26-/m0/s1. The van der Waals surface area contributed by atoms with Crippen LogP contribution in [0.3, 0.4) is 0 Å². The van der Waals surface area contributed by atoms with Gasteiger partial charge in [0.2, 0.25) is 17.7 Å². The molecule has 0 aromatic heterocycles. The van der Waals surface area contributed by atoms with Crippen LogP contribution in [0.4, 0.5) is 0 Å². The number of hydrogen-bond donors (Lipinski definition) is 3. The number of benzene rings is 3. The van der Waals surface area contributed by atoms with Gasteiger partial charge in [0.25, 0.3) is 0 Å². The number of rotatable bonds is 11. The minimum absolute atomic E-state index is 0.156. The highest BCUT2D eigenvalue weighted by Gasteiger charge is 2.35. The molecule has 1 fully saturated rings. The third-order valence-corrected chi connectivity index (χ3v) is 6.35. The minimum Gasteiger partial charge on any atom is -0.489 e. The summed E-state index contributed by atoms with van der Waals surface area (Å²) >= 11 is 0. The highest BCUT2D eigenvalue weighted by molar-refractivity contribution is 5.99. The molecule has 4 rings (SSSR count). The summed E-state index contributed by atoms with van der Waals surface area (Å²) in [5.74, 6) is -1.39. The van der Waals surface area contributed by atoms with Gasteiger partial charge in [-0.3, -0.25) is 14.4 Å². The smallest absolute Gasteiger partial charge is 0.328 e. The number of ether oxygens (including phenoxy) is 2. The third kappa shape index (κ3) is 7.91. The summed E-state index contributed by atoms with van der Waals surface area (Å²) in [5.41, 5.74) is 2.68. The molecule has 0 bridgehead atoms. The second-order valence-electron chi connectivity index (χ2n) is 9.29. The Balaban J connectivity index is 1.33. The van der Waals surface area contributed by atoms with Crippen molar-refractivity contribution in [1.29, 1.82) is 0 Å². The first-order chi connectivity index (χ1) is 18.9. The van der Waals surface area contributed by atoms with Crippen LogP contribution in [0, 0.1) is 0 Å². The molecular weight excluding hydrogens is 498 g/mol. The van der Waals surface area contributed by atoms with E-state index in [1.54, 1.807) is 12.1 Å². The fourth-order valence-electron chi connectivity index (χ4n) is 4.33. The molecule has 1 saturated heterocycles. The summed E-state index contributed by atoms with van der Waals surface area (Å²) in [4.78, 5) is 50.5. The first-order valence-corrected chi connectivity index (χ1v) is 12.7. The Hall–Kier alpha value is -4.66. The molecule has 1 aliphatic rings. The number of piperazine rings is 1. The van der Waals surface area contributed by atoms with E-state index >= 15 is 0 Å². The fraction of sp³-hybridized carbons (Fsp3) is 0.267. The highest BCUT2D eigenvalue weighted by atomic mass is 16.5. The molecule has 39 heavy (non-hydrogen) atoms. The van der Waals surface area contributed by atoms with Crippen LogP contribution < -0.4 is 20.7 Å². The average Bonchev–Trinajstić information content (AvgIpc) is 2.95. The fourth-order valence-corrected chi connectivity index (χ4v) is 4.33. The molecule has 1 heterocycles. The maximum absolute atomic E-state index is 12.8. The van der Waals surface area contributed by atoms with Gasteiger partial charge in [-0.1, -0.05) is 72.8 Å². The van der Waals surface area contributed by atoms with Crippen LogP contribution in [0.25, 0.3) is 0 Å². The molecule has 3 amide bonds. The van der Waals surface area contributed by atoms with E-state index in [1.165, 1.54) is 7.11 Å². The van der Waals surface area contributed by atoms with E-state index in [0.29, 0.717) is 18.8 Å². The van der Waals surface area contributed by atoms with Gasteiger partial charge in [-0.2, -0.15) is 0 Å². The Morgan fingerprint density at radius 3 is 2.13 bits per heavy atom. The van der Waals surface area contributed by atoms with Gasteiger partial charge in [0, 0.05) is 12.8 Å². The number of hydrogen-bond acceptors (Lipinski definition) is 6. The number of methoxy groups -OCH3 is 1. The maximum Gasteiger partial charge on any atom is 0.328 e. The molecule has 202 valence electrons. The van der Waals surface area contributed by atoms with Crippen molar-refractivity contribution in [2.24, 2.45) is 0 Å². The van der Waals surface area contributed by atoms with Crippen LogP contribution in [0.1, 0.15) is 23.1 Å². The predicted molar refractivity (Wildman–Crippen MR) is 143 cm³/mol. The predicted octanol–water partition coefficient (Wildman–Crippen LogP) is 2.08. The van der Waals surface area contributed by atoms with Crippen molar-refractivity contribution < 1.29 is 28.7 Å². The zero-order valence-corrected chi connectivity index (χ0v) is 21.6. The zero-order chi connectivity index (χ0) is 27.6. The van der Waals surface area contributed by atoms with E-state index in [1.807, 2.05) is 72.8 Å². The van der Waals surface area contributed by atoms with Crippen LogP contribution >= 0.6 is 0 Å². The van der Waals surface area contributed by atoms with Crippen molar-refractivity contribution in [2.45, 2.75) is 44.0 Å². The second kappa shape index (κ2) is 13.2. The van der Waals surface area contributed by atoms with Gasteiger partial charge in [0.05, 0.1) is 13.5 Å². The summed E-state index contributed by atoms with van der Waals surface area (Å²) in [6.07, 6.45) is 0.183. The molecular formula is C30H31N3O6. The van der Waals surface area contributed by atoms with Crippen LogP contribution in [0.15, 0.2) is 84.9 Å². The van der Waals surface area contributed by atoms with Gasteiger partial charge in [-0.05, 0) is 28.8 Å². The lowest BCUT2D eigenvalue weighted by Gasteiger charge is -2.29. The lowest BCUT2D eigenvalue weighted by atomic mass is 10.0. The summed E-state index contributed by atoms with van der Waals surface area (Å²) in [6.45, 7) is 0.392. The van der Waals surface area contributed by atoms with Crippen molar-refractivity contribution >= 4 is 23.7 Å². The van der Waals surface area contributed by atoms with Gasteiger partial charge in [0.1, 0.15) is 30.5 Å².